The summed E-state index contributed by atoms with van der Waals surface area (Å²) in [6, 6.07) is 5.68. The van der Waals surface area contributed by atoms with Crippen molar-refractivity contribution in [3.8, 4) is 17.2 Å². The molecule has 2 aromatic heterocycles. The Morgan fingerprint density at radius 2 is 2.07 bits per heavy atom. The second-order valence-corrected chi connectivity index (χ2v) is 6.16. The molecule has 0 saturated carbocycles. The summed E-state index contributed by atoms with van der Waals surface area (Å²) in [5.41, 5.74) is 3.90. The molecule has 8 heteroatoms. The molecule has 0 aromatic carbocycles. The summed E-state index contributed by atoms with van der Waals surface area (Å²) in [5.74, 6) is 0.590. The fraction of sp³-hybridized carbons (Fsp3) is 0.250. The van der Waals surface area contributed by atoms with E-state index in [1.807, 2.05) is 21.0 Å². The molecule has 0 aliphatic rings. The molecular formula is C20H22N6O2. The van der Waals surface area contributed by atoms with Crippen LogP contribution in [-0.4, -0.2) is 42.9 Å². The van der Waals surface area contributed by atoms with E-state index in [4.69, 9.17) is 4.74 Å². The summed E-state index contributed by atoms with van der Waals surface area (Å²) in [4.78, 5) is 26.3. The first-order valence-corrected chi connectivity index (χ1v) is 8.47. The van der Waals surface area contributed by atoms with Crippen LogP contribution in [0, 0.1) is 18.3 Å². The molecule has 0 atom stereocenters. The zero-order valence-corrected chi connectivity index (χ0v) is 16.5. The molecule has 0 bridgehead atoms. The Morgan fingerprint density at radius 1 is 1.32 bits per heavy atom. The number of aliphatic imine (C=N–C) groups is 1. The number of aromatic nitrogens is 2. The number of allylic oxidation sites excluding steroid dienone is 1. The van der Waals surface area contributed by atoms with Crippen molar-refractivity contribution in [2.45, 2.75) is 13.8 Å². The maximum absolute atomic E-state index is 11.9. The molecule has 2 heterocycles. The van der Waals surface area contributed by atoms with Gasteiger partial charge in [0.1, 0.15) is 11.9 Å². The van der Waals surface area contributed by atoms with Crippen molar-refractivity contribution in [2.24, 2.45) is 4.99 Å². The lowest BCUT2D eigenvalue weighted by atomic mass is 10.0. The van der Waals surface area contributed by atoms with Crippen LogP contribution in [0.4, 0.5) is 16.3 Å². The largest absolute Gasteiger partial charge is 0.418 e. The van der Waals surface area contributed by atoms with Crippen LogP contribution in [0.25, 0.3) is 11.1 Å². The standard InChI is InChI=1S/C20H22N6O2/c1-13(22-3)6-7-28-20(27)25-17-9-18(14(2)23-12-17)16-8-15(10-21)19(24-11-16)26(4)5/h6-9,11-12H,1-5H3,(H,25,27)/b7-6-,22-13?. The Hall–Kier alpha value is -3.73. The zero-order chi connectivity index (χ0) is 20.7. The molecular weight excluding hydrogens is 356 g/mol. The number of nitriles is 1. The molecule has 0 unspecified atom stereocenters. The van der Waals surface area contributed by atoms with Gasteiger partial charge < -0.3 is 9.64 Å². The maximum Gasteiger partial charge on any atom is 0.416 e. The van der Waals surface area contributed by atoms with Crippen molar-refractivity contribution in [3.05, 3.63) is 48.1 Å². The Labute approximate surface area is 164 Å². The first kappa shape index (κ1) is 20.6. The Balaban J connectivity index is 2.25. The van der Waals surface area contributed by atoms with Gasteiger partial charge in [-0.3, -0.25) is 15.3 Å². The SMILES string of the molecule is CN=C(C)/C=C\OC(=O)Nc1cnc(C)c(-c2cnc(N(C)C)c(C#N)c2)c1. The number of carbonyl (C=O) groups is 1. The highest BCUT2D eigenvalue weighted by Crippen LogP contribution is 2.27. The summed E-state index contributed by atoms with van der Waals surface area (Å²) >= 11 is 0. The number of aryl methyl sites for hydroxylation is 1. The van der Waals surface area contributed by atoms with Gasteiger partial charge in [-0.05, 0) is 32.1 Å². The van der Waals surface area contributed by atoms with Crippen LogP contribution >= 0.6 is 0 Å². The summed E-state index contributed by atoms with van der Waals surface area (Å²) in [7, 11) is 5.30. The van der Waals surface area contributed by atoms with Gasteiger partial charge in [-0.2, -0.15) is 5.26 Å². The summed E-state index contributed by atoms with van der Waals surface area (Å²) in [6.45, 7) is 3.64. The third kappa shape index (κ3) is 5.14. The molecule has 0 fully saturated rings. The average molecular weight is 378 g/mol. The third-order valence-electron chi connectivity index (χ3n) is 3.89. The lowest BCUT2D eigenvalue weighted by Crippen LogP contribution is -2.12. The monoisotopic (exact) mass is 378 g/mol. The first-order chi connectivity index (χ1) is 13.3. The number of ether oxygens (including phenoxy) is 1. The Kier molecular flexibility index (Phi) is 6.82. The van der Waals surface area contributed by atoms with Crippen molar-refractivity contribution < 1.29 is 9.53 Å². The van der Waals surface area contributed by atoms with Crippen molar-refractivity contribution in [3.63, 3.8) is 0 Å². The van der Waals surface area contributed by atoms with Crippen LogP contribution in [0.5, 0.6) is 0 Å². The predicted molar refractivity (Wildman–Crippen MR) is 110 cm³/mol. The van der Waals surface area contributed by atoms with Gasteiger partial charge in [0.25, 0.3) is 0 Å². The third-order valence-corrected chi connectivity index (χ3v) is 3.89. The number of rotatable bonds is 5. The summed E-state index contributed by atoms with van der Waals surface area (Å²) in [5, 5.41) is 12.0. The number of nitrogens with zero attached hydrogens (tertiary/aromatic N) is 5. The number of hydrogen-bond acceptors (Lipinski definition) is 7. The molecule has 0 radical (unpaired) electrons. The fourth-order valence-electron chi connectivity index (χ4n) is 2.35. The average Bonchev–Trinajstić information content (AvgIpc) is 2.68. The van der Waals surface area contributed by atoms with Crippen LogP contribution in [0.3, 0.4) is 0 Å². The van der Waals surface area contributed by atoms with Gasteiger partial charge in [-0.1, -0.05) is 0 Å². The minimum absolute atomic E-state index is 0.456. The number of nitrogens with one attached hydrogen (secondary N) is 1. The van der Waals surface area contributed by atoms with Gasteiger partial charge in [0.2, 0.25) is 0 Å². The van der Waals surface area contributed by atoms with Gasteiger partial charge >= 0.3 is 6.09 Å². The molecule has 1 N–H and O–H groups in total. The van der Waals surface area contributed by atoms with Gasteiger partial charge in [-0.25, -0.2) is 9.78 Å². The molecule has 28 heavy (non-hydrogen) atoms. The van der Waals surface area contributed by atoms with Crippen molar-refractivity contribution >= 4 is 23.3 Å². The normalized spacial score (nSPS) is 11.2. The fourth-order valence-corrected chi connectivity index (χ4v) is 2.35. The van der Waals surface area contributed by atoms with Crippen LogP contribution in [0.2, 0.25) is 0 Å². The topological polar surface area (TPSA) is 104 Å². The van der Waals surface area contributed by atoms with E-state index in [1.54, 1.807) is 43.3 Å². The molecule has 0 aliphatic heterocycles. The van der Waals surface area contributed by atoms with E-state index in [0.717, 1.165) is 22.5 Å². The van der Waals surface area contributed by atoms with Crippen molar-refractivity contribution in [1.29, 1.82) is 5.26 Å². The molecule has 8 nitrogen and oxygen atoms in total. The van der Waals surface area contributed by atoms with E-state index in [2.05, 4.69) is 26.3 Å². The summed E-state index contributed by atoms with van der Waals surface area (Å²) in [6.07, 6.45) is 5.42. The smallest absolute Gasteiger partial charge is 0.416 e. The van der Waals surface area contributed by atoms with E-state index < -0.39 is 6.09 Å². The molecule has 0 aliphatic carbocycles. The lowest BCUT2D eigenvalue weighted by Gasteiger charge is -2.14. The van der Waals surface area contributed by atoms with E-state index in [0.29, 0.717) is 17.1 Å². The van der Waals surface area contributed by atoms with Gasteiger partial charge in [0.15, 0.2) is 0 Å². The highest BCUT2D eigenvalue weighted by atomic mass is 16.5. The van der Waals surface area contributed by atoms with Crippen LogP contribution in [0.1, 0.15) is 18.2 Å². The van der Waals surface area contributed by atoms with E-state index >= 15 is 0 Å². The first-order valence-electron chi connectivity index (χ1n) is 8.47. The highest BCUT2D eigenvalue weighted by Gasteiger charge is 2.12. The second-order valence-electron chi connectivity index (χ2n) is 6.16. The molecule has 1 amide bonds. The molecule has 144 valence electrons. The Bertz CT molecular complexity index is 973. The van der Waals surface area contributed by atoms with Gasteiger partial charge in [0, 0.05) is 49.9 Å². The van der Waals surface area contributed by atoms with Gasteiger partial charge in [-0.15, -0.1) is 0 Å². The van der Waals surface area contributed by atoms with Crippen LogP contribution < -0.4 is 10.2 Å². The maximum atomic E-state index is 11.9. The number of amides is 1. The van der Waals surface area contributed by atoms with E-state index in [-0.39, 0.29) is 0 Å². The summed E-state index contributed by atoms with van der Waals surface area (Å²) < 4.78 is 4.97. The van der Waals surface area contributed by atoms with E-state index in [1.165, 1.54) is 12.5 Å². The Morgan fingerprint density at radius 3 is 2.71 bits per heavy atom. The van der Waals surface area contributed by atoms with Crippen molar-refractivity contribution in [1.82, 2.24) is 9.97 Å². The quantitative estimate of drug-likeness (QED) is 0.630. The molecule has 2 rings (SSSR count). The highest BCUT2D eigenvalue weighted by molar-refractivity contribution is 5.93. The number of carbonyl (C=O) groups excluding carboxylic acids is 1. The minimum Gasteiger partial charge on any atom is -0.418 e. The molecule has 0 saturated heterocycles. The number of hydrogen-bond donors (Lipinski definition) is 1. The van der Waals surface area contributed by atoms with Crippen LogP contribution in [0.15, 0.2) is 41.9 Å². The molecule has 0 spiro atoms. The van der Waals surface area contributed by atoms with E-state index in [9.17, 15) is 10.1 Å². The van der Waals surface area contributed by atoms with Crippen LogP contribution in [-0.2, 0) is 4.74 Å². The van der Waals surface area contributed by atoms with Gasteiger partial charge in [0.05, 0.1) is 23.7 Å². The lowest BCUT2D eigenvalue weighted by molar-refractivity contribution is 0.201. The zero-order valence-electron chi connectivity index (χ0n) is 16.5. The minimum atomic E-state index is -0.643. The number of pyridine rings is 2. The predicted octanol–water partition coefficient (Wildman–Crippen LogP) is 3.54. The van der Waals surface area contributed by atoms with Crippen molar-refractivity contribution in [2.75, 3.05) is 31.4 Å². The molecule has 2 aromatic rings. The second kappa shape index (κ2) is 9.28. The number of anilines is 2.